The lowest BCUT2D eigenvalue weighted by atomic mass is 10.0. The summed E-state index contributed by atoms with van der Waals surface area (Å²) >= 11 is 0. The van der Waals surface area contributed by atoms with Crippen molar-refractivity contribution < 1.29 is 4.42 Å². The van der Waals surface area contributed by atoms with E-state index in [1.807, 2.05) is 36.9 Å². The van der Waals surface area contributed by atoms with Crippen LogP contribution in [0.3, 0.4) is 0 Å². The molecule has 0 saturated heterocycles. The third-order valence-electron chi connectivity index (χ3n) is 3.43. The van der Waals surface area contributed by atoms with Crippen molar-refractivity contribution in [3.63, 3.8) is 0 Å². The van der Waals surface area contributed by atoms with E-state index in [0.717, 1.165) is 22.5 Å². The van der Waals surface area contributed by atoms with Crippen molar-refractivity contribution >= 4 is 10.9 Å². The highest BCUT2D eigenvalue weighted by atomic mass is 16.3. The van der Waals surface area contributed by atoms with E-state index in [4.69, 9.17) is 10.2 Å². The van der Waals surface area contributed by atoms with Crippen LogP contribution < -0.4 is 5.73 Å². The van der Waals surface area contributed by atoms with Crippen LogP contribution in [-0.4, -0.2) is 9.78 Å². The minimum atomic E-state index is -0.0873. The Morgan fingerprint density at radius 2 is 2.16 bits per heavy atom. The fourth-order valence-corrected chi connectivity index (χ4v) is 2.42. The molecule has 3 rings (SSSR count). The molecule has 1 unspecified atom stereocenters. The Morgan fingerprint density at radius 1 is 1.37 bits per heavy atom. The van der Waals surface area contributed by atoms with E-state index in [2.05, 4.69) is 17.2 Å². The Labute approximate surface area is 111 Å². The molecule has 2 heterocycles. The zero-order valence-electron chi connectivity index (χ0n) is 11.1. The molecule has 19 heavy (non-hydrogen) atoms. The largest absolute Gasteiger partial charge is 0.469 e. The summed E-state index contributed by atoms with van der Waals surface area (Å²) in [5.74, 6) is 0.885. The number of nitrogens with zero attached hydrogens (tertiary/aromatic N) is 2. The summed E-state index contributed by atoms with van der Waals surface area (Å²) in [4.78, 5) is 0. The first kappa shape index (κ1) is 12.0. The number of aryl methyl sites for hydroxylation is 2. The van der Waals surface area contributed by atoms with Crippen LogP contribution in [0.15, 0.2) is 41.0 Å². The lowest BCUT2D eigenvalue weighted by molar-refractivity contribution is 0.528. The summed E-state index contributed by atoms with van der Waals surface area (Å²) in [7, 11) is 1.96. The summed E-state index contributed by atoms with van der Waals surface area (Å²) < 4.78 is 7.21. The standard InChI is InChI=1S/C15H17N3O/c1-10-7-11(9-19-10)13(16)8-14-12-5-3-4-6-15(12)18(2)17-14/h3-7,9,13H,8,16H2,1-2H3. The predicted octanol–water partition coefficient (Wildman–Crippen LogP) is 2.72. The van der Waals surface area contributed by atoms with Gasteiger partial charge in [-0.05, 0) is 19.1 Å². The number of aromatic nitrogens is 2. The fourth-order valence-electron chi connectivity index (χ4n) is 2.42. The molecule has 3 aromatic rings. The lowest BCUT2D eigenvalue weighted by Gasteiger charge is -2.07. The van der Waals surface area contributed by atoms with Crippen LogP contribution in [0, 0.1) is 6.92 Å². The zero-order valence-corrected chi connectivity index (χ0v) is 11.1. The van der Waals surface area contributed by atoms with Crippen molar-refractivity contribution in [3.8, 4) is 0 Å². The van der Waals surface area contributed by atoms with Crippen molar-refractivity contribution in [2.45, 2.75) is 19.4 Å². The number of nitrogens with two attached hydrogens (primary N) is 1. The third kappa shape index (κ3) is 2.15. The Balaban J connectivity index is 1.93. The van der Waals surface area contributed by atoms with E-state index >= 15 is 0 Å². The normalized spacial score (nSPS) is 13.0. The maximum atomic E-state index is 6.23. The van der Waals surface area contributed by atoms with E-state index in [9.17, 15) is 0 Å². The second-order valence-electron chi connectivity index (χ2n) is 4.89. The summed E-state index contributed by atoms with van der Waals surface area (Å²) in [6.07, 6.45) is 2.44. The summed E-state index contributed by atoms with van der Waals surface area (Å²) in [6.45, 7) is 1.92. The van der Waals surface area contributed by atoms with Crippen LogP contribution in [-0.2, 0) is 13.5 Å². The van der Waals surface area contributed by atoms with Gasteiger partial charge in [-0.25, -0.2) is 0 Å². The van der Waals surface area contributed by atoms with Crippen molar-refractivity contribution in [2.24, 2.45) is 12.8 Å². The topological polar surface area (TPSA) is 57.0 Å². The first-order valence-corrected chi connectivity index (χ1v) is 6.36. The molecule has 0 saturated carbocycles. The minimum Gasteiger partial charge on any atom is -0.469 e. The SMILES string of the molecule is Cc1cc(C(N)Cc2nn(C)c3ccccc23)co1. The smallest absolute Gasteiger partial charge is 0.101 e. The quantitative estimate of drug-likeness (QED) is 0.783. The number of furan rings is 1. The van der Waals surface area contributed by atoms with Crippen LogP contribution in [0.5, 0.6) is 0 Å². The molecule has 0 aliphatic rings. The van der Waals surface area contributed by atoms with Crippen LogP contribution >= 0.6 is 0 Å². The van der Waals surface area contributed by atoms with Gasteiger partial charge in [0.1, 0.15) is 5.76 Å². The zero-order chi connectivity index (χ0) is 13.4. The van der Waals surface area contributed by atoms with Gasteiger partial charge in [0.05, 0.1) is 17.5 Å². The van der Waals surface area contributed by atoms with Crippen LogP contribution in [0.25, 0.3) is 10.9 Å². The fraction of sp³-hybridized carbons (Fsp3) is 0.267. The van der Waals surface area contributed by atoms with E-state index in [1.54, 1.807) is 6.26 Å². The van der Waals surface area contributed by atoms with Crippen molar-refractivity contribution in [1.29, 1.82) is 0 Å². The van der Waals surface area contributed by atoms with Gasteiger partial charge in [-0.3, -0.25) is 4.68 Å². The van der Waals surface area contributed by atoms with E-state index < -0.39 is 0 Å². The number of fused-ring (bicyclic) bond motifs is 1. The molecule has 0 fully saturated rings. The Kier molecular flexibility index (Phi) is 2.87. The molecule has 1 aromatic carbocycles. The molecule has 0 aliphatic carbocycles. The molecule has 2 N–H and O–H groups in total. The molecule has 4 nitrogen and oxygen atoms in total. The van der Waals surface area contributed by atoms with Crippen molar-refractivity contribution in [3.05, 3.63) is 53.6 Å². The molecule has 0 bridgehead atoms. The second kappa shape index (κ2) is 4.55. The number of para-hydroxylation sites is 1. The number of hydrogen-bond donors (Lipinski definition) is 1. The van der Waals surface area contributed by atoms with Gasteiger partial charge in [-0.2, -0.15) is 5.10 Å². The second-order valence-corrected chi connectivity index (χ2v) is 4.89. The molecule has 2 aromatic heterocycles. The molecule has 0 radical (unpaired) electrons. The van der Waals surface area contributed by atoms with Gasteiger partial charge >= 0.3 is 0 Å². The van der Waals surface area contributed by atoms with Crippen molar-refractivity contribution in [1.82, 2.24) is 9.78 Å². The van der Waals surface area contributed by atoms with Crippen LogP contribution in [0.4, 0.5) is 0 Å². The number of rotatable bonds is 3. The molecule has 98 valence electrons. The highest BCUT2D eigenvalue weighted by molar-refractivity contribution is 5.81. The van der Waals surface area contributed by atoms with Gasteiger partial charge in [-0.1, -0.05) is 18.2 Å². The Morgan fingerprint density at radius 3 is 2.89 bits per heavy atom. The molecule has 0 aliphatic heterocycles. The monoisotopic (exact) mass is 255 g/mol. The van der Waals surface area contributed by atoms with Gasteiger partial charge in [-0.15, -0.1) is 0 Å². The van der Waals surface area contributed by atoms with Gasteiger partial charge < -0.3 is 10.2 Å². The average Bonchev–Trinajstić information content (AvgIpc) is 2.96. The summed E-state index contributed by atoms with van der Waals surface area (Å²) in [6, 6.07) is 10.1. The minimum absolute atomic E-state index is 0.0873. The lowest BCUT2D eigenvalue weighted by Crippen LogP contribution is -2.13. The van der Waals surface area contributed by atoms with E-state index in [0.29, 0.717) is 6.42 Å². The molecular formula is C15H17N3O. The van der Waals surface area contributed by atoms with E-state index in [1.165, 1.54) is 5.39 Å². The van der Waals surface area contributed by atoms with E-state index in [-0.39, 0.29) is 6.04 Å². The summed E-state index contributed by atoms with van der Waals surface area (Å²) in [5.41, 5.74) is 9.42. The molecule has 0 spiro atoms. The van der Waals surface area contributed by atoms with Gasteiger partial charge in [0.2, 0.25) is 0 Å². The molecule has 0 amide bonds. The highest BCUT2D eigenvalue weighted by Crippen LogP contribution is 2.23. The Bertz CT molecular complexity index is 711. The number of benzene rings is 1. The van der Waals surface area contributed by atoms with Crippen LogP contribution in [0.2, 0.25) is 0 Å². The summed E-state index contributed by atoms with van der Waals surface area (Å²) in [5, 5.41) is 5.74. The predicted molar refractivity (Wildman–Crippen MR) is 74.8 cm³/mol. The van der Waals surface area contributed by atoms with Gasteiger partial charge in [0.15, 0.2) is 0 Å². The van der Waals surface area contributed by atoms with Gasteiger partial charge in [0.25, 0.3) is 0 Å². The maximum absolute atomic E-state index is 6.23. The first-order valence-electron chi connectivity index (χ1n) is 6.36. The maximum Gasteiger partial charge on any atom is 0.101 e. The van der Waals surface area contributed by atoms with Crippen molar-refractivity contribution in [2.75, 3.05) is 0 Å². The molecule has 1 atom stereocenters. The first-order chi connectivity index (χ1) is 9.15. The average molecular weight is 255 g/mol. The number of hydrogen-bond acceptors (Lipinski definition) is 3. The van der Waals surface area contributed by atoms with Gasteiger partial charge in [0, 0.05) is 30.5 Å². The third-order valence-corrected chi connectivity index (χ3v) is 3.43. The molecular weight excluding hydrogens is 238 g/mol. The Hall–Kier alpha value is -2.07. The van der Waals surface area contributed by atoms with Crippen LogP contribution in [0.1, 0.15) is 23.1 Å². The molecule has 4 heteroatoms. The highest BCUT2D eigenvalue weighted by Gasteiger charge is 2.14.